The number of aliphatic hydroxyl groups is 1. The zero-order valence-electron chi connectivity index (χ0n) is 13.1. The normalized spacial score (nSPS) is 27.6. The molecule has 4 heteroatoms. The van der Waals surface area contributed by atoms with Crippen LogP contribution < -0.4 is 5.32 Å². The molecule has 0 aromatic heterocycles. The minimum atomic E-state index is -0.0454. The summed E-state index contributed by atoms with van der Waals surface area (Å²) in [6.45, 7) is 7.44. The van der Waals surface area contributed by atoms with Crippen LogP contribution in [0, 0.1) is 5.92 Å². The summed E-state index contributed by atoms with van der Waals surface area (Å²) < 4.78 is 5.11. The molecule has 1 saturated carbocycles. The number of methoxy groups -OCH3 is 1. The van der Waals surface area contributed by atoms with Gasteiger partial charge in [-0.1, -0.05) is 20.3 Å². The third kappa shape index (κ3) is 5.03. The lowest BCUT2D eigenvalue weighted by Crippen LogP contribution is -2.54. The van der Waals surface area contributed by atoms with Gasteiger partial charge >= 0.3 is 0 Å². The van der Waals surface area contributed by atoms with Crippen LogP contribution in [0.1, 0.15) is 39.5 Å². The van der Waals surface area contributed by atoms with E-state index in [1.54, 1.807) is 7.11 Å². The molecule has 0 aliphatic heterocycles. The summed E-state index contributed by atoms with van der Waals surface area (Å²) in [7, 11) is 3.89. The molecule has 2 unspecified atom stereocenters. The first-order valence-electron chi connectivity index (χ1n) is 7.60. The van der Waals surface area contributed by atoms with Gasteiger partial charge in [0, 0.05) is 25.2 Å². The summed E-state index contributed by atoms with van der Waals surface area (Å²) in [5.41, 5.74) is -0.0454. The number of hydrogen-bond acceptors (Lipinski definition) is 4. The van der Waals surface area contributed by atoms with E-state index in [4.69, 9.17) is 4.74 Å². The second kappa shape index (κ2) is 8.20. The summed E-state index contributed by atoms with van der Waals surface area (Å²) in [5.74, 6) is 0.588. The Labute approximate surface area is 118 Å². The average molecular weight is 272 g/mol. The van der Waals surface area contributed by atoms with E-state index in [9.17, 15) is 5.11 Å². The molecule has 0 heterocycles. The molecule has 0 amide bonds. The third-order valence-corrected chi connectivity index (χ3v) is 4.35. The van der Waals surface area contributed by atoms with E-state index >= 15 is 0 Å². The largest absolute Gasteiger partial charge is 0.394 e. The van der Waals surface area contributed by atoms with E-state index in [1.165, 1.54) is 12.8 Å². The van der Waals surface area contributed by atoms with Crippen molar-refractivity contribution in [1.82, 2.24) is 10.2 Å². The van der Waals surface area contributed by atoms with E-state index in [0.717, 1.165) is 32.5 Å². The highest BCUT2D eigenvalue weighted by atomic mass is 16.5. The van der Waals surface area contributed by atoms with Gasteiger partial charge in [0.05, 0.1) is 13.2 Å². The van der Waals surface area contributed by atoms with Crippen molar-refractivity contribution in [2.75, 3.05) is 40.5 Å². The van der Waals surface area contributed by atoms with Gasteiger partial charge in [-0.2, -0.15) is 0 Å². The molecule has 114 valence electrons. The lowest BCUT2D eigenvalue weighted by atomic mass is 9.84. The van der Waals surface area contributed by atoms with Crippen molar-refractivity contribution >= 4 is 0 Å². The number of likely N-dealkylation sites (N-methyl/N-ethyl adjacent to an activating group) is 1. The molecule has 0 bridgehead atoms. The quantitative estimate of drug-likeness (QED) is 0.667. The number of nitrogens with zero attached hydrogens (tertiary/aromatic N) is 1. The van der Waals surface area contributed by atoms with Gasteiger partial charge in [0.25, 0.3) is 0 Å². The smallest absolute Gasteiger partial charge is 0.0616 e. The van der Waals surface area contributed by atoms with Crippen LogP contribution in [-0.2, 0) is 4.74 Å². The van der Waals surface area contributed by atoms with Crippen LogP contribution in [0.25, 0.3) is 0 Å². The fourth-order valence-electron chi connectivity index (χ4n) is 3.32. The molecule has 1 aliphatic carbocycles. The molecule has 1 fully saturated rings. The van der Waals surface area contributed by atoms with Crippen LogP contribution in [-0.4, -0.2) is 62.0 Å². The molecule has 1 rings (SSSR count). The van der Waals surface area contributed by atoms with Gasteiger partial charge in [0.1, 0.15) is 0 Å². The summed E-state index contributed by atoms with van der Waals surface area (Å²) in [4.78, 5) is 2.32. The van der Waals surface area contributed by atoms with Gasteiger partial charge < -0.3 is 20.1 Å². The minimum Gasteiger partial charge on any atom is -0.394 e. The average Bonchev–Trinajstić information content (AvgIpc) is 2.76. The van der Waals surface area contributed by atoms with Crippen molar-refractivity contribution in [2.24, 2.45) is 5.92 Å². The number of aliphatic hydroxyl groups excluding tert-OH is 1. The van der Waals surface area contributed by atoms with Crippen LogP contribution in [0.2, 0.25) is 0 Å². The molecule has 0 spiro atoms. The number of nitrogens with one attached hydrogen (secondary N) is 1. The van der Waals surface area contributed by atoms with Crippen LogP contribution in [0.3, 0.4) is 0 Å². The van der Waals surface area contributed by atoms with Crippen molar-refractivity contribution in [3.05, 3.63) is 0 Å². The van der Waals surface area contributed by atoms with Crippen LogP contribution >= 0.6 is 0 Å². The molecule has 0 radical (unpaired) electrons. The maximum atomic E-state index is 9.85. The molecule has 19 heavy (non-hydrogen) atoms. The van der Waals surface area contributed by atoms with Crippen molar-refractivity contribution < 1.29 is 9.84 Å². The highest BCUT2D eigenvalue weighted by Gasteiger charge is 2.42. The SMILES string of the molecule is COCCN(C)CCC1CCCC1(CO)NC(C)C. The van der Waals surface area contributed by atoms with E-state index in [-0.39, 0.29) is 12.1 Å². The Bertz CT molecular complexity index is 248. The molecule has 4 nitrogen and oxygen atoms in total. The third-order valence-electron chi connectivity index (χ3n) is 4.35. The van der Waals surface area contributed by atoms with E-state index in [2.05, 4.69) is 31.1 Å². The standard InChI is InChI=1S/C15H32N2O2/c1-13(2)16-15(12-18)8-5-6-14(15)7-9-17(3)10-11-19-4/h13-14,16,18H,5-12H2,1-4H3. The molecular formula is C15H32N2O2. The van der Waals surface area contributed by atoms with Gasteiger partial charge in [-0.3, -0.25) is 0 Å². The highest BCUT2D eigenvalue weighted by Crippen LogP contribution is 2.38. The van der Waals surface area contributed by atoms with Gasteiger partial charge in [0.15, 0.2) is 0 Å². The summed E-state index contributed by atoms with van der Waals surface area (Å²) in [6, 6.07) is 0.430. The second-order valence-electron chi connectivity index (χ2n) is 6.29. The number of hydrogen-bond donors (Lipinski definition) is 2. The van der Waals surface area contributed by atoms with Gasteiger partial charge in [-0.25, -0.2) is 0 Å². The van der Waals surface area contributed by atoms with Gasteiger partial charge in [-0.15, -0.1) is 0 Å². The molecule has 1 aliphatic rings. The predicted octanol–water partition coefficient (Wildman–Crippen LogP) is 1.48. The summed E-state index contributed by atoms with van der Waals surface area (Å²) in [5, 5.41) is 13.5. The molecule has 2 N–H and O–H groups in total. The molecule has 2 atom stereocenters. The fourth-order valence-corrected chi connectivity index (χ4v) is 3.32. The lowest BCUT2D eigenvalue weighted by molar-refractivity contribution is 0.101. The fraction of sp³-hybridized carbons (Fsp3) is 1.00. The first-order valence-corrected chi connectivity index (χ1v) is 7.60. The summed E-state index contributed by atoms with van der Waals surface area (Å²) >= 11 is 0. The molecule has 0 aromatic rings. The monoisotopic (exact) mass is 272 g/mol. The Morgan fingerprint density at radius 2 is 2.16 bits per heavy atom. The number of rotatable bonds is 9. The van der Waals surface area contributed by atoms with Crippen molar-refractivity contribution in [3.63, 3.8) is 0 Å². The predicted molar refractivity (Wildman–Crippen MR) is 79.4 cm³/mol. The second-order valence-corrected chi connectivity index (χ2v) is 6.29. The molecule has 0 aromatic carbocycles. The van der Waals surface area contributed by atoms with Crippen molar-refractivity contribution in [3.8, 4) is 0 Å². The Balaban J connectivity index is 2.46. The van der Waals surface area contributed by atoms with Gasteiger partial charge in [0.2, 0.25) is 0 Å². The Hall–Kier alpha value is -0.160. The van der Waals surface area contributed by atoms with E-state index in [1.807, 2.05) is 0 Å². The Kier molecular flexibility index (Phi) is 7.29. The molecular weight excluding hydrogens is 240 g/mol. The summed E-state index contributed by atoms with van der Waals surface area (Å²) in [6.07, 6.45) is 4.72. The topological polar surface area (TPSA) is 44.7 Å². The van der Waals surface area contributed by atoms with E-state index < -0.39 is 0 Å². The van der Waals surface area contributed by atoms with Crippen LogP contribution in [0.4, 0.5) is 0 Å². The first-order chi connectivity index (χ1) is 9.04. The zero-order valence-corrected chi connectivity index (χ0v) is 13.1. The highest BCUT2D eigenvalue weighted by molar-refractivity contribution is 4.99. The van der Waals surface area contributed by atoms with E-state index in [0.29, 0.717) is 12.0 Å². The Morgan fingerprint density at radius 1 is 1.42 bits per heavy atom. The maximum absolute atomic E-state index is 9.85. The van der Waals surface area contributed by atoms with Crippen LogP contribution in [0.5, 0.6) is 0 Å². The first kappa shape index (κ1) is 16.9. The Morgan fingerprint density at radius 3 is 2.74 bits per heavy atom. The van der Waals surface area contributed by atoms with Gasteiger partial charge in [-0.05, 0) is 38.8 Å². The molecule has 0 saturated heterocycles. The van der Waals surface area contributed by atoms with Crippen LogP contribution in [0.15, 0.2) is 0 Å². The van der Waals surface area contributed by atoms with Crippen molar-refractivity contribution in [1.29, 1.82) is 0 Å². The minimum absolute atomic E-state index is 0.0454. The number of ether oxygens (including phenoxy) is 1. The zero-order chi connectivity index (χ0) is 14.3. The maximum Gasteiger partial charge on any atom is 0.0616 e. The van der Waals surface area contributed by atoms with Crippen molar-refractivity contribution in [2.45, 2.75) is 51.1 Å². The lowest BCUT2D eigenvalue weighted by Gasteiger charge is -2.37.